The lowest BCUT2D eigenvalue weighted by atomic mass is 10.5. The Hall–Kier alpha value is 0.580. The minimum Gasteiger partial charge on any atom is -0.269 e. The van der Waals surface area contributed by atoms with Gasteiger partial charge in [-0.15, -0.1) is 0 Å². The molecule has 0 aromatic rings. The van der Waals surface area contributed by atoms with Crippen molar-refractivity contribution in [2.45, 2.75) is 12.8 Å². The fourth-order valence-electron chi connectivity index (χ4n) is 0.180. The Bertz CT molecular complexity index is 84.6. The molecule has 0 heterocycles. The van der Waals surface area contributed by atoms with E-state index in [-0.39, 0.29) is 0 Å². The molecular formula is C4H11NO2S2. The fraction of sp³-hybridized carbons (Fsp3) is 1.00. The Labute approximate surface area is 66.5 Å². The van der Waals surface area contributed by atoms with Gasteiger partial charge in [0.2, 0.25) is 5.91 Å². The zero-order chi connectivity index (χ0) is 7.49. The van der Waals surface area contributed by atoms with E-state index in [2.05, 4.69) is 34.2 Å². The first kappa shape index (κ1) is 9.58. The molecule has 3 nitrogen and oxygen atoms in total. The molecule has 0 aliphatic rings. The van der Waals surface area contributed by atoms with Crippen LogP contribution in [0, 0.1) is 0 Å². The third kappa shape index (κ3) is 2.35. The summed E-state index contributed by atoms with van der Waals surface area (Å²) in [7, 11) is 3.60. The van der Waals surface area contributed by atoms with Crippen molar-refractivity contribution < 1.29 is 8.37 Å². The van der Waals surface area contributed by atoms with Crippen molar-refractivity contribution in [1.82, 2.24) is 4.90 Å². The van der Waals surface area contributed by atoms with Gasteiger partial charge in [0.1, 0.15) is 0 Å². The average molecular weight is 169 g/mol. The van der Waals surface area contributed by atoms with E-state index in [0.717, 1.165) is 0 Å². The van der Waals surface area contributed by atoms with Crippen LogP contribution in [0.3, 0.4) is 0 Å². The second-order valence-electron chi connectivity index (χ2n) is 1.97. The second kappa shape index (κ2) is 3.68. The Morgan fingerprint density at radius 2 is 1.56 bits per heavy atom. The summed E-state index contributed by atoms with van der Waals surface area (Å²) < 4.78 is 9.34. The molecule has 9 heavy (non-hydrogen) atoms. The average Bonchev–Trinajstić information content (AvgIpc) is 1.86. The molecule has 0 aromatic carbocycles. The summed E-state index contributed by atoms with van der Waals surface area (Å²) in [5.74, 6) is -0.855. The van der Waals surface area contributed by atoms with Crippen molar-refractivity contribution in [3.63, 3.8) is 0 Å². The molecule has 0 spiro atoms. The summed E-state index contributed by atoms with van der Waals surface area (Å²) in [6.45, 7) is 1.70. The zero-order valence-electron chi connectivity index (χ0n) is 5.66. The van der Waals surface area contributed by atoms with Gasteiger partial charge in [-0.1, -0.05) is 0 Å². The van der Waals surface area contributed by atoms with Crippen molar-refractivity contribution in [3.05, 3.63) is 0 Å². The number of thiol groups is 2. The molecule has 0 bridgehead atoms. The first-order valence-electron chi connectivity index (χ1n) is 2.39. The van der Waals surface area contributed by atoms with Crippen LogP contribution in [0.25, 0.3) is 0 Å². The molecular weight excluding hydrogens is 158 g/mol. The summed E-state index contributed by atoms with van der Waals surface area (Å²) in [4.78, 5) is 1.70. The van der Waals surface area contributed by atoms with Gasteiger partial charge >= 0.3 is 0 Å². The van der Waals surface area contributed by atoms with E-state index in [1.807, 2.05) is 0 Å². The molecule has 0 aromatic heterocycles. The molecule has 0 aliphatic heterocycles. The van der Waals surface area contributed by atoms with Gasteiger partial charge in [-0.25, -0.2) is 0 Å². The minimum absolute atomic E-state index is 0.855. The van der Waals surface area contributed by atoms with Crippen LogP contribution < -0.4 is 0 Å². The van der Waals surface area contributed by atoms with Crippen LogP contribution in [0.15, 0.2) is 0 Å². The largest absolute Gasteiger partial charge is 0.269 e. The van der Waals surface area contributed by atoms with Crippen molar-refractivity contribution in [3.8, 4) is 0 Å². The maximum atomic E-state index is 4.67. The van der Waals surface area contributed by atoms with E-state index in [9.17, 15) is 0 Å². The SMILES string of the molecule is CN(C)C(C)(OS)OS. The molecule has 0 fully saturated rings. The summed E-state index contributed by atoms with van der Waals surface area (Å²) in [6.07, 6.45) is 0. The lowest BCUT2D eigenvalue weighted by molar-refractivity contribution is -0.170. The maximum Gasteiger partial charge on any atom is 0.249 e. The Balaban J connectivity index is 3.92. The molecule has 56 valence electrons. The molecule has 0 aliphatic carbocycles. The van der Waals surface area contributed by atoms with Crippen LogP contribution in [0.4, 0.5) is 0 Å². The molecule has 0 atom stereocenters. The smallest absolute Gasteiger partial charge is 0.249 e. The maximum absolute atomic E-state index is 4.67. The van der Waals surface area contributed by atoms with Gasteiger partial charge in [0.05, 0.1) is 0 Å². The molecule has 0 rings (SSSR count). The number of nitrogens with zero attached hydrogens (tertiary/aromatic N) is 1. The minimum atomic E-state index is -0.855. The van der Waals surface area contributed by atoms with E-state index in [0.29, 0.717) is 0 Å². The lowest BCUT2D eigenvalue weighted by Gasteiger charge is -2.30. The molecule has 0 radical (unpaired) electrons. The van der Waals surface area contributed by atoms with Gasteiger partial charge in [0.15, 0.2) is 0 Å². The normalized spacial score (nSPS) is 12.7. The zero-order valence-corrected chi connectivity index (χ0v) is 7.45. The van der Waals surface area contributed by atoms with Gasteiger partial charge in [-0.2, -0.15) is 0 Å². The predicted molar refractivity (Wildman–Crippen MR) is 42.2 cm³/mol. The number of hydrogen-bond acceptors (Lipinski definition) is 5. The molecule has 0 amide bonds. The van der Waals surface area contributed by atoms with Crippen molar-refractivity contribution >= 4 is 25.8 Å². The molecule has 0 unspecified atom stereocenters. The first-order valence-corrected chi connectivity index (χ1v) is 3.12. The van der Waals surface area contributed by atoms with Crippen LogP contribution in [0.2, 0.25) is 0 Å². The van der Waals surface area contributed by atoms with E-state index < -0.39 is 5.91 Å². The Kier molecular flexibility index (Phi) is 3.91. The van der Waals surface area contributed by atoms with Crippen LogP contribution >= 0.6 is 25.8 Å². The van der Waals surface area contributed by atoms with E-state index in [1.54, 1.807) is 25.9 Å². The third-order valence-corrected chi connectivity index (χ3v) is 1.83. The molecule has 0 N–H and O–H groups in total. The summed E-state index contributed by atoms with van der Waals surface area (Å²) in [6, 6.07) is 0. The number of hydrogen-bond donors (Lipinski definition) is 2. The molecule has 5 heteroatoms. The lowest BCUT2D eigenvalue weighted by Crippen LogP contribution is -2.42. The topological polar surface area (TPSA) is 21.7 Å². The van der Waals surface area contributed by atoms with E-state index in [1.165, 1.54) is 0 Å². The van der Waals surface area contributed by atoms with Crippen molar-refractivity contribution in [2.24, 2.45) is 0 Å². The first-order chi connectivity index (χ1) is 4.06. The van der Waals surface area contributed by atoms with Gasteiger partial charge < -0.3 is 0 Å². The summed E-state index contributed by atoms with van der Waals surface area (Å²) in [5, 5.41) is 0. The highest BCUT2D eigenvalue weighted by atomic mass is 32.1. The van der Waals surface area contributed by atoms with Crippen LogP contribution in [-0.4, -0.2) is 24.9 Å². The number of rotatable bonds is 3. The predicted octanol–water partition coefficient (Wildman–Crippen LogP) is 0.944. The highest BCUT2D eigenvalue weighted by molar-refractivity contribution is 7.75. The Morgan fingerprint density at radius 1 is 1.22 bits per heavy atom. The van der Waals surface area contributed by atoms with Gasteiger partial charge in [0, 0.05) is 6.92 Å². The van der Waals surface area contributed by atoms with Gasteiger partial charge in [-0.3, -0.25) is 13.3 Å². The third-order valence-electron chi connectivity index (χ3n) is 1.15. The van der Waals surface area contributed by atoms with Crippen LogP contribution in [0.1, 0.15) is 6.92 Å². The quantitative estimate of drug-likeness (QED) is 0.373. The van der Waals surface area contributed by atoms with Gasteiger partial charge in [0.25, 0.3) is 0 Å². The highest BCUT2D eigenvalue weighted by Crippen LogP contribution is 2.17. The second-order valence-corrected chi connectivity index (χ2v) is 2.34. The van der Waals surface area contributed by atoms with Gasteiger partial charge in [-0.05, 0) is 39.9 Å². The monoisotopic (exact) mass is 169 g/mol. The van der Waals surface area contributed by atoms with Crippen molar-refractivity contribution in [1.29, 1.82) is 0 Å². The summed E-state index contributed by atoms with van der Waals surface area (Å²) >= 11 is 7.21. The standard InChI is InChI=1S/C4H11NO2S2/c1-4(6-8,7-9)5(2)3/h8-9H,1-3H3. The van der Waals surface area contributed by atoms with E-state index >= 15 is 0 Å². The highest BCUT2D eigenvalue weighted by Gasteiger charge is 2.26. The molecule has 0 saturated heterocycles. The molecule has 0 saturated carbocycles. The van der Waals surface area contributed by atoms with Crippen LogP contribution in [-0.2, 0) is 8.37 Å². The van der Waals surface area contributed by atoms with E-state index in [4.69, 9.17) is 0 Å². The van der Waals surface area contributed by atoms with Crippen LogP contribution in [0.5, 0.6) is 0 Å². The summed E-state index contributed by atoms with van der Waals surface area (Å²) in [5.41, 5.74) is 0. The van der Waals surface area contributed by atoms with Crippen molar-refractivity contribution in [2.75, 3.05) is 14.1 Å². The fourth-order valence-corrected chi connectivity index (χ4v) is 0.640. The Morgan fingerprint density at radius 3 is 1.56 bits per heavy atom.